The maximum Gasteiger partial charge on any atom is 0.238 e. The van der Waals surface area contributed by atoms with Gasteiger partial charge in [-0.2, -0.15) is 4.98 Å². The van der Waals surface area contributed by atoms with E-state index in [1.54, 1.807) is 12.1 Å². The van der Waals surface area contributed by atoms with Crippen molar-refractivity contribution in [3.8, 4) is 0 Å². The summed E-state index contributed by atoms with van der Waals surface area (Å²) in [7, 11) is -3.69. The highest BCUT2D eigenvalue weighted by Gasteiger charge is 2.10. The van der Waals surface area contributed by atoms with Crippen LogP contribution in [0.4, 0.5) is 0 Å². The van der Waals surface area contributed by atoms with Crippen LogP contribution in [0.1, 0.15) is 30.6 Å². The number of aryl methyl sites for hydroxylation is 1. The largest absolute Gasteiger partial charge is 0.339 e. The highest BCUT2D eigenvalue weighted by atomic mass is 32.2. The zero-order valence-electron chi connectivity index (χ0n) is 10.5. The summed E-state index contributed by atoms with van der Waals surface area (Å²) in [5, 5.41) is 8.94. The monoisotopic (exact) mass is 281 g/mol. The number of hydrogen-bond donors (Lipinski definition) is 1. The molecule has 0 fully saturated rings. The number of hydrogen-bond acceptors (Lipinski definition) is 5. The van der Waals surface area contributed by atoms with Crippen molar-refractivity contribution in [3.63, 3.8) is 0 Å². The van der Waals surface area contributed by atoms with Crippen molar-refractivity contribution in [1.82, 2.24) is 10.1 Å². The van der Waals surface area contributed by atoms with Crippen molar-refractivity contribution in [2.24, 2.45) is 5.14 Å². The molecule has 0 aliphatic heterocycles. The second-order valence-corrected chi connectivity index (χ2v) is 5.78. The Hall–Kier alpha value is -1.73. The maximum absolute atomic E-state index is 11.3. The van der Waals surface area contributed by atoms with Gasteiger partial charge in [-0.3, -0.25) is 0 Å². The highest BCUT2D eigenvalue weighted by Crippen LogP contribution is 2.13. The Morgan fingerprint density at radius 1 is 1.37 bits per heavy atom. The van der Waals surface area contributed by atoms with Crippen LogP contribution in [0, 0.1) is 0 Å². The van der Waals surface area contributed by atoms with E-state index in [1.807, 2.05) is 6.92 Å². The molecule has 0 bridgehead atoms. The Bertz CT molecular complexity index is 664. The van der Waals surface area contributed by atoms with Crippen LogP contribution in [0.5, 0.6) is 0 Å². The van der Waals surface area contributed by atoms with Gasteiger partial charge >= 0.3 is 0 Å². The number of aromatic nitrogens is 2. The first-order chi connectivity index (χ1) is 8.99. The second kappa shape index (κ2) is 5.50. The molecule has 2 rings (SSSR count). The van der Waals surface area contributed by atoms with Crippen LogP contribution in [0.3, 0.4) is 0 Å². The zero-order valence-corrected chi connectivity index (χ0v) is 11.4. The molecule has 0 unspecified atom stereocenters. The van der Waals surface area contributed by atoms with Crippen LogP contribution in [0.15, 0.2) is 33.7 Å². The summed E-state index contributed by atoms with van der Waals surface area (Å²) in [5.41, 5.74) is 0.773. The third-order valence-corrected chi connectivity index (χ3v) is 3.47. The molecule has 1 heterocycles. The summed E-state index contributed by atoms with van der Waals surface area (Å²) in [6.45, 7) is 2.03. The lowest BCUT2D eigenvalue weighted by Gasteiger charge is -2.01. The summed E-state index contributed by atoms with van der Waals surface area (Å²) in [6.07, 6.45) is 2.09. The highest BCUT2D eigenvalue weighted by molar-refractivity contribution is 7.89. The lowest BCUT2D eigenvalue weighted by molar-refractivity contribution is 0.373. The molecule has 2 aromatic rings. The Balaban J connectivity index is 2.18. The first-order valence-electron chi connectivity index (χ1n) is 5.92. The molecule has 0 amide bonds. The predicted molar refractivity (Wildman–Crippen MR) is 68.9 cm³/mol. The van der Waals surface area contributed by atoms with Gasteiger partial charge in [0.05, 0.1) is 4.90 Å². The molecule has 1 aromatic carbocycles. The van der Waals surface area contributed by atoms with E-state index in [0.29, 0.717) is 18.1 Å². The Labute approximate surface area is 111 Å². The lowest BCUT2D eigenvalue weighted by Crippen LogP contribution is -2.12. The van der Waals surface area contributed by atoms with Gasteiger partial charge in [0.15, 0.2) is 5.82 Å². The SMILES string of the molecule is CCCc1nc(Cc2cccc(S(N)(=O)=O)c2)no1. The minimum Gasteiger partial charge on any atom is -0.339 e. The number of sulfonamides is 1. The van der Waals surface area contributed by atoms with Crippen LogP contribution < -0.4 is 5.14 Å². The summed E-state index contributed by atoms with van der Waals surface area (Å²) in [5.74, 6) is 1.13. The van der Waals surface area contributed by atoms with Gasteiger partial charge in [-0.05, 0) is 24.1 Å². The summed E-state index contributed by atoms with van der Waals surface area (Å²) in [6, 6.07) is 6.41. The van der Waals surface area contributed by atoms with Crippen LogP contribution in [0.2, 0.25) is 0 Å². The molecule has 2 N–H and O–H groups in total. The number of rotatable bonds is 5. The van der Waals surface area contributed by atoms with Crippen LogP contribution >= 0.6 is 0 Å². The average molecular weight is 281 g/mol. The van der Waals surface area contributed by atoms with Crippen LogP contribution in [-0.4, -0.2) is 18.6 Å². The molecule has 0 saturated carbocycles. The normalized spacial score (nSPS) is 11.7. The lowest BCUT2D eigenvalue weighted by atomic mass is 10.1. The van der Waals surface area contributed by atoms with E-state index in [2.05, 4.69) is 10.1 Å². The second-order valence-electron chi connectivity index (χ2n) is 4.22. The molecule has 0 radical (unpaired) electrons. The molecule has 0 aliphatic carbocycles. The molecule has 1 aromatic heterocycles. The third kappa shape index (κ3) is 3.62. The molecular weight excluding hydrogens is 266 g/mol. The quantitative estimate of drug-likeness (QED) is 0.889. The fourth-order valence-electron chi connectivity index (χ4n) is 1.69. The fraction of sp³-hybridized carbons (Fsp3) is 0.333. The van der Waals surface area contributed by atoms with Crippen molar-refractivity contribution < 1.29 is 12.9 Å². The molecule has 102 valence electrons. The van der Waals surface area contributed by atoms with E-state index >= 15 is 0 Å². The molecule has 6 nitrogen and oxygen atoms in total. The van der Waals surface area contributed by atoms with Gasteiger partial charge in [0.1, 0.15) is 0 Å². The van der Waals surface area contributed by atoms with Gasteiger partial charge in [0, 0.05) is 12.8 Å². The molecular formula is C12H15N3O3S. The van der Waals surface area contributed by atoms with E-state index in [9.17, 15) is 8.42 Å². The van der Waals surface area contributed by atoms with E-state index in [0.717, 1.165) is 18.4 Å². The number of nitrogens with two attached hydrogens (primary N) is 1. The summed E-state index contributed by atoms with van der Waals surface area (Å²) < 4.78 is 27.6. The summed E-state index contributed by atoms with van der Waals surface area (Å²) in [4.78, 5) is 4.31. The summed E-state index contributed by atoms with van der Waals surface area (Å²) >= 11 is 0. The Morgan fingerprint density at radius 3 is 2.84 bits per heavy atom. The van der Waals surface area contributed by atoms with Gasteiger partial charge in [-0.1, -0.05) is 24.2 Å². The number of benzene rings is 1. The maximum atomic E-state index is 11.3. The van der Waals surface area contributed by atoms with Gasteiger partial charge < -0.3 is 4.52 Å². The smallest absolute Gasteiger partial charge is 0.238 e. The van der Waals surface area contributed by atoms with Gasteiger partial charge in [0.2, 0.25) is 15.9 Å². The van der Waals surface area contributed by atoms with Crippen molar-refractivity contribution >= 4 is 10.0 Å². The zero-order chi connectivity index (χ0) is 13.9. The first-order valence-corrected chi connectivity index (χ1v) is 7.47. The first kappa shape index (κ1) is 13.7. The molecule has 7 heteroatoms. The number of nitrogens with zero attached hydrogens (tertiary/aromatic N) is 2. The van der Waals surface area contributed by atoms with E-state index < -0.39 is 10.0 Å². The number of primary sulfonamides is 1. The average Bonchev–Trinajstić information content (AvgIpc) is 2.76. The van der Waals surface area contributed by atoms with E-state index in [1.165, 1.54) is 12.1 Å². The predicted octanol–water partition coefficient (Wildman–Crippen LogP) is 1.26. The van der Waals surface area contributed by atoms with Crippen molar-refractivity contribution in [3.05, 3.63) is 41.5 Å². The Kier molecular flexibility index (Phi) is 3.96. The minimum atomic E-state index is -3.69. The minimum absolute atomic E-state index is 0.0854. The van der Waals surface area contributed by atoms with Crippen LogP contribution in [0.25, 0.3) is 0 Å². The standard InChI is InChI=1S/C12H15N3O3S/c1-2-4-12-14-11(15-18-12)8-9-5-3-6-10(7-9)19(13,16)17/h3,5-7H,2,4,8H2,1H3,(H2,13,16,17). The molecule has 0 saturated heterocycles. The topological polar surface area (TPSA) is 99.1 Å². The van der Waals surface area contributed by atoms with E-state index in [4.69, 9.17) is 9.66 Å². The Morgan fingerprint density at radius 2 is 2.16 bits per heavy atom. The van der Waals surface area contributed by atoms with Gasteiger partial charge in [0.25, 0.3) is 0 Å². The third-order valence-electron chi connectivity index (χ3n) is 2.56. The molecule has 0 spiro atoms. The van der Waals surface area contributed by atoms with Crippen molar-refractivity contribution in [1.29, 1.82) is 0 Å². The molecule has 0 atom stereocenters. The molecule has 19 heavy (non-hydrogen) atoms. The van der Waals surface area contributed by atoms with Gasteiger partial charge in [-0.25, -0.2) is 13.6 Å². The van der Waals surface area contributed by atoms with Crippen molar-refractivity contribution in [2.75, 3.05) is 0 Å². The molecule has 0 aliphatic rings. The fourth-order valence-corrected chi connectivity index (χ4v) is 2.28. The van der Waals surface area contributed by atoms with Gasteiger partial charge in [-0.15, -0.1) is 0 Å². The van der Waals surface area contributed by atoms with Crippen molar-refractivity contribution in [2.45, 2.75) is 31.1 Å². The van der Waals surface area contributed by atoms with Crippen LogP contribution in [-0.2, 0) is 22.9 Å². The van der Waals surface area contributed by atoms with E-state index in [-0.39, 0.29) is 4.90 Å².